The van der Waals surface area contributed by atoms with E-state index in [0.717, 1.165) is 11.3 Å². The molecule has 18 heavy (non-hydrogen) atoms. The molecule has 0 fully saturated rings. The molecule has 0 saturated carbocycles. The number of aromatic nitrogens is 1. The zero-order valence-corrected chi connectivity index (χ0v) is 10.1. The van der Waals surface area contributed by atoms with Crippen LogP contribution in [0.1, 0.15) is 22.1 Å². The van der Waals surface area contributed by atoms with Crippen molar-refractivity contribution in [3.8, 4) is 0 Å². The fourth-order valence-electron chi connectivity index (χ4n) is 1.95. The molecule has 90 valence electrons. The largest absolute Gasteiger partial charge is 0.361 e. The van der Waals surface area contributed by atoms with Crippen LogP contribution in [-0.2, 0) is 0 Å². The number of carbonyl (C=O) groups is 1. The smallest absolute Gasteiger partial charge is 0.255 e. The number of halogens is 1. The third-order valence-corrected chi connectivity index (χ3v) is 3.05. The molecule has 1 aromatic heterocycles. The molecule has 3 rings (SSSR count). The summed E-state index contributed by atoms with van der Waals surface area (Å²) in [6, 6.07) is 8.89. The Labute approximate surface area is 109 Å². The SMILES string of the molecule is O=C1N[C@H](c2cccnc2)Nc2cc(Cl)ccc21. The average molecular weight is 260 g/mol. The van der Waals surface area contributed by atoms with Gasteiger partial charge < -0.3 is 10.6 Å². The topological polar surface area (TPSA) is 54.0 Å². The van der Waals surface area contributed by atoms with Gasteiger partial charge in [-0.3, -0.25) is 9.78 Å². The molecule has 4 nitrogen and oxygen atoms in total. The van der Waals surface area contributed by atoms with Crippen LogP contribution in [0, 0.1) is 0 Å². The first-order chi connectivity index (χ1) is 8.74. The Kier molecular flexibility index (Phi) is 2.64. The van der Waals surface area contributed by atoms with Gasteiger partial charge in [-0.15, -0.1) is 0 Å². The van der Waals surface area contributed by atoms with Crippen molar-refractivity contribution < 1.29 is 4.79 Å². The first kappa shape index (κ1) is 11.0. The molecule has 2 N–H and O–H groups in total. The van der Waals surface area contributed by atoms with E-state index >= 15 is 0 Å². The number of hydrogen-bond donors (Lipinski definition) is 2. The third-order valence-electron chi connectivity index (χ3n) is 2.82. The molecule has 0 spiro atoms. The molecule has 0 radical (unpaired) electrons. The number of amides is 1. The van der Waals surface area contributed by atoms with Gasteiger partial charge in [0.05, 0.1) is 11.3 Å². The number of pyridine rings is 1. The Morgan fingerprint density at radius 1 is 1.22 bits per heavy atom. The van der Waals surface area contributed by atoms with Crippen LogP contribution >= 0.6 is 11.6 Å². The third kappa shape index (κ3) is 1.91. The second-order valence-corrected chi connectivity index (χ2v) is 4.46. The molecule has 1 amide bonds. The Morgan fingerprint density at radius 3 is 2.89 bits per heavy atom. The maximum Gasteiger partial charge on any atom is 0.255 e. The van der Waals surface area contributed by atoms with Crippen molar-refractivity contribution in [2.75, 3.05) is 5.32 Å². The number of benzene rings is 1. The highest BCUT2D eigenvalue weighted by Crippen LogP contribution is 2.28. The molecular weight excluding hydrogens is 250 g/mol. The van der Waals surface area contributed by atoms with Crippen molar-refractivity contribution in [3.05, 3.63) is 58.9 Å². The van der Waals surface area contributed by atoms with E-state index in [1.165, 1.54) is 0 Å². The van der Waals surface area contributed by atoms with E-state index in [1.807, 2.05) is 12.1 Å². The lowest BCUT2D eigenvalue weighted by Crippen LogP contribution is -2.38. The van der Waals surface area contributed by atoms with E-state index in [2.05, 4.69) is 15.6 Å². The number of carbonyl (C=O) groups excluding carboxylic acids is 1. The normalized spacial score (nSPS) is 17.6. The van der Waals surface area contributed by atoms with Crippen molar-refractivity contribution in [1.82, 2.24) is 10.3 Å². The van der Waals surface area contributed by atoms with Crippen LogP contribution in [0.15, 0.2) is 42.7 Å². The summed E-state index contributed by atoms with van der Waals surface area (Å²) in [4.78, 5) is 16.0. The number of anilines is 1. The Balaban J connectivity index is 1.98. The first-order valence-corrected chi connectivity index (χ1v) is 5.89. The van der Waals surface area contributed by atoms with Crippen LogP contribution in [-0.4, -0.2) is 10.9 Å². The molecule has 1 atom stereocenters. The fourth-order valence-corrected chi connectivity index (χ4v) is 2.12. The molecular formula is C13H10ClN3O. The Bertz CT molecular complexity index is 600. The van der Waals surface area contributed by atoms with Gasteiger partial charge in [0.1, 0.15) is 6.17 Å². The van der Waals surface area contributed by atoms with Gasteiger partial charge in [0.25, 0.3) is 5.91 Å². The summed E-state index contributed by atoms with van der Waals surface area (Å²) >= 11 is 5.93. The van der Waals surface area contributed by atoms with Crippen molar-refractivity contribution in [3.63, 3.8) is 0 Å². The van der Waals surface area contributed by atoms with E-state index in [0.29, 0.717) is 10.6 Å². The molecule has 2 heterocycles. The Hall–Kier alpha value is -2.07. The van der Waals surface area contributed by atoms with Gasteiger partial charge in [0.15, 0.2) is 0 Å². The summed E-state index contributed by atoms with van der Waals surface area (Å²) in [5.41, 5.74) is 2.23. The van der Waals surface area contributed by atoms with Gasteiger partial charge in [-0.25, -0.2) is 0 Å². The zero-order valence-electron chi connectivity index (χ0n) is 9.35. The maximum atomic E-state index is 12.0. The first-order valence-electron chi connectivity index (χ1n) is 5.51. The van der Waals surface area contributed by atoms with Gasteiger partial charge in [0.2, 0.25) is 0 Å². The molecule has 1 aromatic carbocycles. The number of fused-ring (bicyclic) bond motifs is 1. The monoisotopic (exact) mass is 259 g/mol. The lowest BCUT2D eigenvalue weighted by atomic mass is 10.1. The zero-order chi connectivity index (χ0) is 12.5. The number of nitrogens with zero attached hydrogens (tertiary/aromatic N) is 1. The predicted octanol–water partition coefficient (Wildman–Crippen LogP) is 2.59. The molecule has 0 aliphatic carbocycles. The maximum absolute atomic E-state index is 12.0. The molecule has 0 saturated heterocycles. The summed E-state index contributed by atoms with van der Waals surface area (Å²) < 4.78 is 0. The molecule has 0 bridgehead atoms. The van der Waals surface area contributed by atoms with Crippen molar-refractivity contribution in [2.45, 2.75) is 6.17 Å². The van der Waals surface area contributed by atoms with E-state index in [-0.39, 0.29) is 12.1 Å². The van der Waals surface area contributed by atoms with Crippen LogP contribution in [0.4, 0.5) is 5.69 Å². The van der Waals surface area contributed by atoms with Gasteiger partial charge >= 0.3 is 0 Å². The summed E-state index contributed by atoms with van der Waals surface area (Å²) in [5.74, 6) is -0.116. The highest BCUT2D eigenvalue weighted by molar-refractivity contribution is 6.31. The molecule has 2 aromatic rings. The minimum atomic E-state index is -0.280. The number of hydrogen-bond acceptors (Lipinski definition) is 3. The van der Waals surface area contributed by atoms with Crippen LogP contribution in [0.2, 0.25) is 5.02 Å². The molecule has 1 aliphatic heterocycles. The van der Waals surface area contributed by atoms with Crippen LogP contribution in [0.3, 0.4) is 0 Å². The number of nitrogens with one attached hydrogen (secondary N) is 2. The summed E-state index contributed by atoms with van der Waals surface area (Å²) in [6.07, 6.45) is 3.13. The van der Waals surface area contributed by atoms with Crippen LogP contribution < -0.4 is 10.6 Å². The number of rotatable bonds is 1. The molecule has 5 heteroatoms. The van der Waals surface area contributed by atoms with Crippen molar-refractivity contribution >= 4 is 23.2 Å². The summed E-state index contributed by atoms with van der Waals surface area (Å²) in [6.45, 7) is 0. The van der Waals surface area contributed by atoms with E-state index in [9.17, 15) is 4.79 Å². The lowest BCUT2D eigenvalue weighted by molar-refractivity contribution is 0.0935. The quantitative estimate of drug-likeness (QED) is 0.828. The van der Waals surface area contributed by atoms with Gasteiger partial charge in [0, 0.05) is 23.0 Å². The fraction of sp³-hybridized carbons (Fsp3) is 0.0769. The standard InChI is InChI=1S/C13H10ClN3O/c14-9-3-4-10-11(6-9)16-12(17-13(10)18)8-2-1-5-15-7-8/h1-7,12,16H,(H,17,18)/t12-/m1/s1. The highest BCUT2D eigenvalue weighted by atomic mass is 35.5. The minimum absolute atomic E-state index is 0.116. The van der Waals surface area contributed by atoms with E-state index in [4.69, 9.17) is 11.6 Å². The van der Waals surface area contributed by atoms with Gasteiger partial charge in [-0.1, -0.05) is 17.7 Å². The second kappa shape index (κ2) is 4.31. The van der Waals surface area contributed by atoms with Gasteiger partial charge in [-0.05, 0) is 24.3 Å². The Morgan fingerprint density at radius 2 is 2.11 bits per heavy atom. The van der Waals surface area contributed by atoms with Crippen molar-refractivity contribution in [2.24, 2.45) is 0 Å². The van der Waals surface area contributed by atoms with E-state index < -0.39 is 0 Å². The average Bonchev–Trinajstić information content (AvgIpc) is 2.39. The van der Waals surface area contributed by atoms with Crippen molar-refractivity contribution in [1.29, 1.82) is 0 Å². The summed E-state index contributed by atoms with van der Waals surface area (Å²) in [5, 5.41) is 6.70. The molecule has 0 unspecified atom stereocenters. The van der Waals surface area contributed by atoms with E-state index in [1.54, 1.807) is 30.6 Å². The van der Waals surface area contributed by atoms with Crippen LogP contribution in [0.5, 0.6) is 0 Å². The van der Waals surface area contributed by atoms with Gasteiger partial charge in [-0.2, -0.15) is 0 Å². The second-order valence-electron chi connectivity index (χ2n) is 4.03. The molecule has 1 aliphatic rings. The minimum Gasteiger partial charge on any atom is -0.361 e. The predicted molar refractivity (Wildman–Crippen MR) is 69.5 cm³/mol. The lowest BCUT2D eigenvalue weighted by Gasteiger charge is -2.27. The summed E-state index contributed by atoms with van der Waals surface area (Å²) in [7, 11) is 0. The van der Waals surface area contributed by atoms with Crippen LogP contribution in [0.25, 0.3) is 0 Å². The highest BCUT2D eigenvalue weighted by Gasteiger charge is 2.24.